The molecule has 0 radical (unpaired) electrons. The summed E-state index contributed by atoms with van der Waals surface area (Å²) in [6, 6.07) is 16.9. The highest BCUT2D eigenvalue weighted by Gasteiger charge is 2.32. The first-order chi connectivity index (χ1) is 15.5. The minimum Gasteiger partial charge on any atom is -0.282 e. The number of nitrogens with one attached hydrogen (secondary N) is 1. The maximum absolute atomic E-state index is 13.3. The average molecular weight is 476 g/mol. The zero-order chi connectivity index (χ0) is 24.2. The van der Waals surface area contributed by atoms with Crippen LogP contribution >= 0.6 is 0 Å². The predicted octanol–water partition coefficient (Wildman–Crippen LogP) is 4.70. The number of rotatable bonds is 6. The SMILES string of the molecule is C/C(=N/NC(=O)Cc1ccccc1)c1ccccc1-c1cc(C(F)(F)F)ccc1S(=O)(=O)O. The van der Waals surface area contributed by atoms with E-state index in [2.05, 4.69) is 10.5 Å². The molecule has 2 N–H and O–H groups in total. The fourth-order valence-electron chi connectivity index (χ4n) is 3.20. The van der Waals surface area contributed by atoms with Gasteiger partial charge in [0, 0.05) is 11.1 Å². The lowest BCUT2D eigenvalue weighted by Gasteiger charge is -2.15. The van der Waals surface area contributed by atoms with Gasteiger partial charge in [0.1, 0.15) is 4.90 Å². The lowest BCUT2D eigenvalue weighted by Crippen LogP contribution is -2.21. The number of hydrogen-bond acceptors (Lipinski definition) is 4. The van der Waals surface area contributed by atoms with Crippen molar-refractivity contribution in [1.82, 2.24) is 5.43 Å². The molecule has 0 atom stereocenters. The number of halogens is 3. The Labute approximate surface area is 188 Å². The van der Waals surface area contributed by atoms with Crippen LogP contribution in [0.2, 0.25) is 0 Å². The molecule has 0 saturated carbocycles. The van der Waals surface area contributed by atoms with Gasteiger partial charge in [0.15, 0.2) is 0 Å². The fraction of sp³-hybridized carbons (Fsp3) is 0.130. The van der Waals surface area contributed by atoms with Crippen molar-refractivity contribution in [2.75, 3.05) is 0 Å². The Morgan fingerprint density at radius 3 is 2.24 bits per heavy atom. The number of nitrogens with zero attached hydrogens (tertiary/aromatic N) is 1. The van der Waals surface area contributed by atoms with Crippen LogP contribution in [0.25, 0.3) is 11.1 Å². The quantitative estimate of drug-likeness (QED) is 0.306. The summed E-state index contributed by atoms with van der Waals surface area (Å²) < 4.78 is 73.1. The molecule has 0 bridgehead atoms. The van der Waals surface area contributed by atoms with Crippen LogP contribution in [-0.4, -0.2) is 24.6 Å². The van der Waals surface area contributed by atoms with Crippen molar-refractivity contribution >= 4 is 21.7 Å². The highest BCUT2D eigenvalue weighted by Crippen LogP contribution is 2.37. The van der Waals surface area contributed by atoms with Gasteiger partial charge in [-0.15, -0.1) is 0 Å². The zero-order valence-electron chi connectivity index (χ0n) is 17.3. The minimum absolute atomic E-state index is 0.0692. The minimum atomic E-state index is -4.82. The van der Waals surface area contributed by atoms with Gasteiger partial charge in [0.2, 0.25) is 5.91 Å². The maximum atomic E-state index is 13.3. The van der Waals surface area contributed by atoms with Crippen LogP contribution in [0.5, 0.6) is 0 Å². The molecule has 3 aromatic carbocycles. The van der Waals surface area contributed by atoms with Crippen molar-refractivity contribution in [3.8, 4) is 11.1 Å². The van der Waals surface area contributed by atoms with E-state index < -0.39 is 32.7 Å². The first kappa shape index (κ1) is 24.1. The second kappa shape index (κ2) is 9.55. The molecule has 33 heavy (non-hydrogen) atoms. The summed E-state index contributed by atoms with van der Waals surface area (Å²) in [5.74, 6) is -0.407. The third kappa shape index (κ3) is 6.05. The Morgan fingerprint density at radius 2 is 1.61 bits per heavy atom. The van der Waals surface area contributed by atoms with E-state index in [1.807, 2.05) is 6.07 Å². The van der Waals surface area contributed by atoms with Crippen LogP contribution in [0, 0.1) is 0 Å². The molecule has 0 aromatic heterocycles. The number of hydrazone groups is 1. The van der Waals surface area contributed by atoms with Crippen LogP contribution in [0.15, 0.2) is 82.8 Å². The third-order valence-corrected chi connectivity index (χ3v) is 5.66. The first-order valence-electron chi connectivity index (χ1n) is 9.62. The number of carbonyl (C=O) groups excluding carboxylic acids is 1. The fourth-order valence-corrected chi connectivity index (χ4v) is 3.89. The number of carbonyl (C=O) groups is 1. The van der Waals surface area contributed by atoms with Crippen molar-refractivity contribution in [3.63, 3.8) is 0 Å². The van der Waals surface area contributed by atoms with E-state index in [0.29, 0.717) is 18.2 Å². The zero-order valence-corrected chi connectivity index (χ0v) is 18.1. The second-order valence-electron chi connectivity index (χ2n) is 7.12. The van der Waals surface area contributed by atoms with E-state index in [9.17, 15) is 30.9 Å². The number of hydrogen-bond donors (Lipinski definition) is 2. The first-order valence-corrected chi connectivity index (χ1v) is 11.1. The summed E-state index contributed by atoms with van der Waals surface area (Å²) in [4.78, 5) is 11.5. The lowest BCUT2D eigenvalue weighted by atomic mass is 9.95. The Bertz CT molecular complexity index is 1300. The normalized spacial score (nSPS) is 12.5. The Balaban J connectivity index is 2.01. The Kier molecular flexibility index (Phi) is 6.99. The highest BCUT2D eigenvalue weighted by molar-refractivity contribution is 7.86. The van der Waals surface area contributed by atoms with Gasteiger partial charge in [0.25, 0.3) is 10.1 Å². The van der Waals surface area contributed by atoms with Gasteiger partial charge in [0.05, 0.1) is 17.7 Å². The molecular formula is C23H19F3N2O4S. The maximum Gasteiger partial charge on any atom is 0.416 e. The van der Waals surface area contributed by atoms with Crippen LogP contribution < -0.4 is 5.43 Å². The summed E-state index contributed by atoms with van der Waals surface area (Å²) in [5.41, 5.74) is 2.34. The van der Waals surface area contributed by atoms with Gasteiger partial charge >= 0.3 is 6.18 Å². The largest absolute Gasteiger partial charge is 0.416 e. The molecule has 0 spiro atoms. The van der Waals surface area contributed by atoms with Gasteiger partial charge in [-0.05, 0) is 36.2 Å². The predicted molar refractivity (Wildman–Crippen MR) is 117 cm³/mol. The molecule has 0 unspecified atom stereocenters. The van der Waals surface area contributed by atoms with Gasteiger partial charge in [-0.3, -0.25) is 9.35 Å². The molecule has 10 heteroatoms. The number of alkyl halides is 3. The van der Waals surface area contributed by atoms with Crippen molar-refractivity contribution in [3.05, 3.63) is 89.5 Å². The summed E-state index contributed by atoms with van der Waals surface area (Å²) in [6.07, 6.45) is -4.66. The van der Waals surface area contributed by atoms with Crippen molar-refractivity contribution in [2.24, 2.45) is 5.10 Å². The van der Waals surface area contributed by atoms with E-state index in [1.165, 1.54) is 25.1 Å². The molecule has 0 aliphatic heterocycles. The molecule has 0 fully saturated rings. The molecular weight excluding hydrogens is 457 g/mol. The van der Waals surface area contributed by atoms with E-state index in [0.717, 1.165) is 5.56 Å². The van der Waals surface area contributed by atoms with Gasteiger partial charge < -0.3 is 0 Å². The Hall–Kier alpha value is -3.50. The summed E-state index contributed by atoms with van der Waals surface area (Å²) in [7, 11) is -4.82. The average Bonchev–Trinajstić information content (AvgIpc) is 2.76. The van der Waals surface area contributed by atoms with Crippen molar-refractivity contribution in [1.29, 1.82) is 0 Å². The molecule has 3 aromatic rings. The van der Waals surface area contributed by atoms with Crippen LogP contribution in [-0.2, 0) is 27.5 Å². The highest BCUT2D eigenvalue weighted by atomic mass is 32.2. The smallest absolute Gasteiger partial charge is 0.282 e. The monoisotopic (exact) mass is 476 g/mol. The number of amides is 1. The number of benzene rings is 3. The molecule has 0 aliphatic carbocycles. The van der Waals surface area contributed by atoms with Crippen molar-refractivity contribution < 1.29 is 30.9 Å². The molecule has 6 nitrogen and oxygen atoms in total. The Morgan fingerprint density at radius 1 is 0.970 bits per heavy atom. The molecule has 1 amide bonds. The van der Waals surface area contributed by atoms with Gasteiger partial charge in [-0.25, -0.2) is 5.43 Å². The lowest BCUT2D eigenvalue weighted by molar-refractivity contribution is -0.137. The van der Waals surface area contributed by atoms with E-state index in [4.69, 9.17) is 0 Å². The standard InChI is InChI=1S/C23H19F3N2O4S/c1-15(27-28-22(29)13-16-7-3-2-4-8-16)18-9-5-6-10-19(18)20-14-17(23(24,25)26)11-12-21(20)33(30,31)32/h2-12,14H,13H2,1H3,(H,28,29)(H,30,31,32)/b27-15-. The topological polar surface area (TPSA) is 95.8 Å². The second-order valence-corrected chi connectivity index (χ2v) is 8.51. The van der Waals surface area contributed by atoms with Crippen LogP contribution in [0.1, 0.15) is 23.6 Å². The summed E-state index contributed by atoms with van der Waals surface area (Å²) in [5, 5.41) is 4.02. The van der Waals surface area contributed by atoms with Crippen LogP contribution in [0.4, 0.5) is 13.2 Å². The van der Waals surface area contributed by atoms with E-state index >= 15 is 0 Å². The third-order valence-electron chi connectivity index (χ3n) is 4.75. The molecule has 3 rings (SSSR count). The van der Waals surface area contributed by atoms with Crippen molar-refractivity contribution in [2.45, 2.75) is 24.4 Å². The molecule has 172 valence electrons. The molecule has 0 heterocycles. The van der Waals surface area contributed by atoms with E-state index in [1.54, 1.807) is 30.3 Å². The molecule has 0 aliphatic rings. The molecule has 0 saturated heterocycles. The summed E-state index contributed by atoms with van der Waals surface area (Å²) in [6.45, 7) is 1.52. The van der Waals surface area contributed by atoms with Gasteiger partial charge in [-0.2, -0.15) is 26.7 Å². The van der Waals surface area contributed by atoms with Gasteiger partial charge in [-0.1, -0.05) is 54.6 Å². The van der Waals surface area contributed by atoms with Crippen LogP contribution in [0.3, 0.4) is 0 Å². The van der Waals surface area contributed by atoms with E-state index in [-0.39, 0.29) is 28.8 Å². The summed E-state index contributed by atoms with van der Waals surface area (Å²) >= 11 is 0.